The van der Waals surface area contributed by atoms with Crippen LogP contribution in [0.5, 0.6) is 0 Å². The number of carbonyl (C=O) groups is 1. The molecule has 1 aromatic carbocycles. The van der Waals surface area contributed by atoms with E-state index in [1.165, 1.54) is 6.07 Å². The topological polar surface area (TPSA) is 29.1 Å². The van der Waals surface area contributed by atoms with E-state index >= 15 is 0 Å². The van der Waals surface area contributed by atoms with Gasteiger partial charge in [0.2, 0.25) is 0 Å². The lowest BCUT2D eigenvalue weighted by Crippen LogP contribution is -2.15. The molecule has 0 amide bonds. The Kier molecular flexibility index (Phi) is 5.12. The van der Waals surface area contributed by atoms with E-state index in [9.17, 15) is 9.18 Å². The predicted octanol–water partition coefficient (Wildman–Crippen LogP) is 2.59. The second kappa shape index (κ2) is 6.38. The van der Waals surface area contributed by atoms with E-state index in [1.54, 1.807) is 19.9 Å². The molecule has 0 aliphatic rings. The number of carbonyl (C=O) groups excluding carboxylic acids is 1. The minimum atomic E-state index is -0.166. The first kappa shape index (κ1) is 12.8. The maximum absolute atomic E-state index is 13.0. The molecular formula is C13H18FNO. The van der Waals surface area contributed by atoms with Crippen LogP contribution >= 0.6 is 0 Å². The summed E-state index contributed by atoms with van der Waals surface area (Å²) in [6.07, 6.45) is 1.48. The van der Waals surface area contributed by atoms with Crippen LogP contribution in [0.15, 0.2) is 18.2 Å². The van der Waals surface area contributed by atoms with Gasteiger partial charge in [0.15, 0.2) is 0 Å². The van der Waals surface area contributed by atoms with Gasteiger partial charge < -0.3 is 10.1 Å². The molecule has 0 radical (unpaired) electrons. The number of hydrogen-bond acceptors (Lipinski definition) is 2. The lowest BCUT2D eigenvalue weighted by atomic mass is 10.1. The second-order valence-corrected chi connectivity index (χ2v) is 4.07. The summed E-state index contributed by atoms with van der Waals surface area (Å²) >= 11 is 0. The summed E-state index contributed by atoms with van der Waals surface area (Å²) in [5.74, 6) is 0.0553. The third-order valence-electron chi connectivity index (χ3n) is 2.43. The van der Waals surface area contributed by atoms with Gasteiger partial charge in [0.1, 0.15) is 11.6 Å². The third-order valence-corrected chi connectivity index (χ3v) is 2.43. The van der Waals surface area contributed by atoms with Gasteiger partial charge in [-0.25, -0.2) is 4.39 Å². The SMILES string of the molecule is CC(=O)CCCNCc1ccc(F)c(C)c1. The van der Waals surface area contributed by atoms with E-state index in [0.29, 0.717) is 12.0 Å². The quantitative estimate of drug-likeness (QED) is 0.751. The Morgan fingerprint density at radius 2 is 2.19 bits per heavy atom. The van der Waals surface area contributed by atoms with Gasteiger partial charge >= 0.3 is 0 Å². The molecule has 1 aromatic rings. The number of Topliss-reactive ketones (excluding diaryl/α,β-unsaturated/α-hetero) is 1. The van der Waals surface area contributed by atoms with Crippen molar-refractivity contribution in [3.8, 4) is 0 Å². The zero-order valence-electron chi connectivity index (χ0n) is 9.85. The summed E-state index contributed by atoms with van der Waals surface area (Å²) in [4.78, 5) is 10.7. The van der Waals surface area contributed by atoms with Crippen LogP contribution in [0.1, 0.15) is 30.9 Å². The molecule has 16 heavy (non-hydrogen) atoms. The molecule has 0 aliphatic carbocycles. The molecule has 1 N–H and O–H groups in total. The molecule has 0 fully saturated rings. The van der Waals surface area contributed by atoms with Crippen LogP contribution in [0.25, 0.3) is 0 Å². The molecular weight excluding hydrogens is 205 g/mol. The fraction of sp³-hybridized carbons (Fsp3) is 0.462. The minimum absolute atomic E-state index is 0.166. The predicted molar refractivity (Wildman–Crippen MR) is 62.8 cm³/mol. The molecule has 0 aliphatic heterocycles. The van der Waals surface area contributed by atoms with E-state index in [4.69, 9.17) is 0 Å². The number of halogens is 1. The van der Waals surface area contributed by atoms with Crippen molar-refractivity contribution in [1.29, 1.82) is 0 Å². The van der Waals surface area contributed by atoms with E-state index in [-0.39, 0.29) is 11.6 Å². The number of aryl methyl sites for hydroxylation is 1. The van der Waals surface area contributed by atoms with E-state index in [2.05, 4.69) is 5.32 Å². The van der Waals surface area contributed by atoms with Crippen molar-refractivity contribution < 1.29 is 9.18 Å². The summed E-state index contributed by atoms with van der Waals surface area (Å²) in [5.41, 5.74) is 1.74. The zero-order chi connectivity index (χ0) is 12.0. The Hall–Kier alpha value is -1.22. The highest BCUT2D eigenvalue weighted by Gasteiger charge is 1.99. The Morgan fingerprint density at radius 3 is 2.81 bits per heavy atom. The third kappa shape index (κ3) is 4.53. The smallest absolute Gasteiger partial charge is 0.129 e. The first-order chi connectivity index (χ1) is 7.59. The Labute approximate surface area is 95.9 Å². The average Bonchev–Trinajstić information content (AvgIpc) is 2.22. The molecule has 1 rings (SSSR count). The monoisotopic (exact) mass is 223 g/mol. The fourth-order valence-electron chi connectivity index (χ4n) is 1.51. The van der Waals surface area contributed by atoms with Crippen LogP contribution in [0.3, 0.4) is 0 Å². The van der Waals surface area contributed by atoms with Gasteiger partial charge in [0.05, 0.1) is 0 Å². The minimum Gasteiger partial charge on any atom is -0.313 e. The van der Waals surface area contributed by atoms with Crippen molar-refractivity contribution in [2.24, 2.45) is 0 Å². The highest BCUT2D eigenvalue weighted by atomic mass is 19.1. The molecule has 0 saturated heterocycles. The van der Waals surface area contributed by atoms with Crippen LogP contribution in [0.2, 0.25) is 0 Å². The molecule has 0 spiro atoms. The average molecular weight is 223 g/mol. The molecule has 88 valence electrons. The van der Waals surface area contributed by atoms with Crippen molar-refractivity contribution in [3.63, 3.8) is 0 Å². The van der Waals surface area contributed by atoms with E-state index < -0.39 is 0 Å². The number of benzene rings is 1. The summed E-state index contributed by atoms with van der Waals surface area (Å²) in [6.45, 7) is 4.90. The molecule has 0 heterocycles. The Morgan fingerprint density at radius 1 is 1.44 bits per heavy atom. The van der Waals surface area contributed by atoms with Crippen LogP contribution in [0.4, 0.5) is 4.39 Å². The van der Waals surface area contributed by atoms with Gasteiger partial charge in [0.25, 0.3) is 0 Å². The second-order valence-electron chi connectivity index (χ2n) is 4.07. The van der Waals surface area contributed by atoms with E-state index in [0.717, 1.165) is 25.1 Å². The van der Waals surface area contributed by atoms with Crippen LogP contribution in [-0.4, -0.2) is 12.3 Å². The van der Waals surface area contributed by atoms with Crippen molar-refractivity contribution in [3.05, 3.63) is 35.1 Å². The van der Waals surface area contributed by atoms with Crippen molar-refractivity contribution in [2.45, 2.75) is 33.2 Å². The largest absolute Gasteiger partial charge is 0.313 e. The zero-order valence-corrected chi connectivity index (χ0v) is 9.85. The highest BCUT2D eigenvalue weighted by molar-refractivity contribution is 5.75. The molecule has 3 heteroatoms. The van der Waals surface area contributed by atoms with Crippen molar-refractivity contribution >= 4 is 5.78 Å². The van der Waals surface area contributed by atoms with Crippen molar-refractivity contribution in [2.75, 3.05) is 6.54 Å². The lowest BCUT2D eigenvalue weighted by Gasteiger charge is -2.05. The van der Waals surface area contributed by atoms with Gasteiger partial charge in [-0.15, -0.1) is 0 Å². The summed E-state index contributed by atoms with van der Waals surface area (Å²) in [5, 5.41) is 3.23. The molecule has 0 atom stereocenters. The van der Waals surface area contributed by atoms with E-state index in [1.807, 2.05) is 6.07 Å². The molecule has 0 bridgehead atoms. The number of hydrogen-bond donors (Lipinski definition) is 1. The first-order valence-electron chi connectivity index (χ1n) is 5.55. The summed E-state index contributed by atoms with van der Waals surface area (Å²) in [7, 11) is 0. The maximum Gasteiger partial charge on any atom is 0.129 e. The molecule has 0 aromatic heterocycles. The number of nitrogens with one attached hydrogen (secondary N) is 1. The van der Waals surface area contributed by atoms with Crippen LogP contribution in [0, 0.1) is 12.7 Å². The Bertz CT molecular complexity index is 363. The number of rotatable bonds is 6. The fourth-order valence-corrected chi connectivity index (χ4v) is 1.51. The molecule has 0 saturated carbocycles. The van der Waals surface area contributed by atoms with Gasteiger partial charge in [0, 0.05) is 13.0 Å². The van der Waals surface area contributed by atoms with Gasteiger partial charge in [-0.1, -0.05) is 12.1 Å². The maximum atomic E-state index is 13.0. The Balaban J connectivity index is 2.27. The van der Waals surface area contributed by atoms with Gasteiger partial charge in [-0.2, -0.15) is 0 Å². The van der Waals surface area contributed by atoms with Crippen LogP contribution < -0.4 is 5.32 Å². The normalized spacial score (nSPS) is 10.4. The van der Waals surface area contributed by atoms with Gasteiger partial charge in [-0.3, -0.25) is 0 Å². The number of ketones is 1. The first-order valence-corrected chi connectivity index (χ1v) is 5.55. The van der Waals surface area contributed by atoms with Crippen LogP contribution in [-0.2, 0) is 11.3 Å². The molecule has 2 nitrogen and oxygen atoms in total. The van der Waals surface area contributed by atoms with Gasteiger partial charge in [-0.05, 0) is 44.0 Å². The highest BCUT2D eigenvalue weighted by Crippen LogP contribution is 2.08. The summed E-state index contributed by atoms with van der Waals surface area (Å²) in [6, 6.07) is 5.11. The molecule has 0 unspecified atom stereocenters. The standard InChI is InChI=1S/C13H18FNO/c1-10-8-12(5-6-13(10)14)9-15-7-3-4-11(2)16/h5-6,8,15H,3-4,7,9H2,1-2H3. The lowest BCUT2D eigenvalue weighted by molar-refractivity contribution is -0.117. The van der Waals surface area contributed by atoms with Crippen molar-refractivity contribution in [1.82, 2.24) is 5.32 Å². The summed E-state index contributed by atoms with van der Waals surface area (Å²) < 4.78 is 13.0.